The first kappa shape index (κ1) is 21.3. The molecule has 0 radical (unpaired) electrons. The number of benzene rings is 1. The first-order chi connectivity index (χ1) is 11.6. The van der Waals surface area contributed by atoms with Gasteiger partial charge in [0.1, 0.15) is 0 Å². The van der Waals surface area contributed by atoms with E-state index in [-0.39, 0.29) is 18.3 Å². The summed E-state index contributed by atoms with van der Waals surface area (Å²) in [5, 5.41) is 2.91. The van der Waals surface area contributed by atoms with E-state index in [0.717, 1.165) is 38.3 Å². The Bertz CT molecular complexity index is 538. The molecule has 7 nitrogen and oxygen atoms in total. The van der Waals surface area contributed by atoms with Crippen LogP contribution in [0, 0.1) is 0 Å². The summed E-state index contributed by atoms with van der Waals surface area (Å²) in [4.78, 5) is 16.1. The third-order valence-corrected chi connectivity index (χ3v) is 4.18. The van der Waals surface area contributed by atoms with E-state index in [1.165, 1.54) is 0 Å². The second-order valence-corrected chi connectivity index (χ2v) is 5.72. The zero-order valence-electron chi connectivity index (χ0n) is 15.3. The van der Waals surface area contributed by atoms with Crippen molar-refractivity contribution in [3.05, 3.63) is 17.7 Å². The second-order valence-electron chi connectivity index (χ2n) is 5.72. The molecular formula is C17H28ClN3O4. The number of carbonyl (C=O) groups is 1. The smallest absolute Gasteiger partial charge is 0.236 e. The molecule has 0 saturated carbocycles. The molecule has 1 heterocycles. The summed E-state index contributed by atoms with van der Waals surface area (Å²) < 4.78 is 16.2. The Kier molecular flexibility index (Phi) is 8.82. The van der Waals surface area contributed by atoms with Crippen LogP contribution < -0.4 is 19.5 Å². The summed E-state index contributed by atoms with van der Waals surface area (Å²) in [5.41, 5.74) is 1.10. The quantitative estimate of drug-likeness (QED) is 0.769. The van der Waals surface area contributed by atoms with Crippen molar-refractivity contribution in [3.8, 4) is 17.2 Å². The molecule has 0 aliphatic carbocycles. The molecule has 1 amide bonds. The Hall–Kier alpha value is -1.70. The highest BCUT2D eigenvalue weighted by atomic mass is 35.5. The van der Waals surface area contributed by atoms with Gasteiger partial charge in [0.2, 0.25) is 11.7 Å². The minimum Gasteiger partial charge on any atom is -0.493 e. The molecule has 1 saturated heterocycles. The van der Waals surface area contributed by atoms with E-state index >= 15 is 0 Å². The first-order valence-corrected chi connectivity index (χ1v) is 8.06. The minimum absolute atomic E-state index is 0. The maximum atomic E-state index is 11.9. The van der Waals surface area contributed by atoms with Gasteiger partial charge in [0, 0.05) is 32.7 Å². The Morgan fingerprint density at radius 3 is 2.04 bits per heavy atom. The summed E-state index contributed by atoms with van der Waals surface area (Å²) in [6, 6.07) is 3.94. The van der Waals surface area contributed by atoms with Crippen molar-refractivity contribution in [1.29, 1.82) is 0 Å². The number of methoxy groups -OCH3 is 3. The molecule has 1 fully saturated rings. The van der Waals surface area contributed by atoms with Gasteiger partial charge in [-0.05, 0) is 24.7 Å². The maximum absolute atomic E-state index is 11.9. The average molecular weight is 374 g/mol. The van der Waals surface area contributed by atoms with Crippen molar-refractivity contribution >= 4 is 18.3 Å². The van der Waals surface area contributed by atoms with E-state index in [0.29, 0.717) is 23.8 Å². The van der Waals surface area contributed by atoms with Crippen LogP contribution in [0.5, 0.6) is 17.2 Å². The summed E-state index contributed by atoms with van der Waals surface area (Å²) in [7, 11) is 6.63. The molecule has 1 aliphatic rings. The van der Waals surface area contributed by atoms with Crippen molar-refractivity contribution < 1.29 is 19.0 Å². The van der Waals surface area contributed by atoms with Crippen LogP contribution in [-0.2, 0) is 11.3 Å². The maximum Gasteiger partial charge on any atom is 0.236 e. The number of amides is 1. The highest BCUT2D eigenvalue weighted by Gasteiger charge is 2.21. The number of piperazine rings is 1. The minimum atomic E-state index is 0. The summed E-state index contributed by atoms with van der Waals surface area (Å²) in [5.74, 6) is 2.08. The molecule has 25 heavy (non-hydrogen) atoms. The Labute approximate surface area is 155 Å². The van der Waals surface area contributed by atoms with Crippen LogP contribution in [0.2, 0.25) is 0 Å². The summed E-state index contributed by atoms with van der Waals surface area (Å²) in [6.07, 6.45) is 0. The average Bonchev–Trinajstić information content (AvgIpc) is 2.61. The lowest BCUT2D eigenvalue weighted by molar-refractivity contribution is -0.131. The molecule has 142 valence electrons. The van der Waals surface area contributed by atoms with Gasteiger partial charge in [-0.2, -0.15) is 0 Å². The fourth-order valence-electron chi connectivity index (χ4n) is 2.90. The lowest BCUT2D eigenvalue weighted by Gasteiger charge is -2.34. The molecule has 0 atom stereocenters. The van der Waals surface area contributed by atoms with Crippen molar-refractivity contribution in [1.82, 2.24) is 15.1 Å². The fourth-order valence-corrected chi connectivity index (χ4v) is 2.90. The molecule has 1 aromatic carbocycles. The van der Waals surface area contributed by atoms with E-state index < -0.39 is 0 Å². The zero-order chi connectivity index (χ0) is 17.5. The number of rotatable bonds is 7. The fraction of sp³-hybridized carbons (Fsp3) is 0.588. The van der Waals surface area contributed by atoms with E-state index in [1.54, 1.807) is 28.4 Å². The van der Waals surface area contributed by atoms with Crippen molar-refractivity contribution in [3.63, 3.8) is 0 Å². The van der Waals surface area contributed by atoms with Crippen molar-refractivity contribution in [2.24, 2.45) is 0 Å². The van der Waals surface area contributed by atoms with Crippen LogP contribution >= 0.6 is 12.4 Å². The van der Waals surface area contributed by atoms with Crippen LogP contribution in [0.4, 0.5) is 0 Å². The van der Waals surface area contributed by atoms with E-state index in [9.17, 15) is 4.79 Å². The predicted molar refractivity (Wildman–Crippen MR) is 99.1 cm³/mol. The van der Waals surface area contributed by atoms with Crippen LogP contribution in [0.25, 0.3) is 0 Å². The first-order valence-electron chi connectivity index (χ1n) is 8.06. The van der Waals surface area contributed by atoms with Crippen LogP contribution in [0.3, 0.4) is 0 Å². The standard InChI is InChI=1S/C17H27N3O4.ClH/c1-18-11-16(21)20-7-5-19(6-8-20)12-13-9-14(22-2)17(24-4)15(10-13)23-3;/h9-10,18H,5-8,11-12H2,1-4H3;1H. The van der Waals surface area contributed by atoms with Crippen molar-refractivity contribution in [2.45, 2.75) is 6.54 Å². The van der Waals surface area contributed by atoms with Gasteiger partial charge < -0.3 is 24.4 Å². The highest BCUT2D eigenvalue weighted by Crippen LogP contribution is 2.38. The molecule has 0 unspecified atom stereocenters. The molecule has 0 spiro atoms. The van der Waals surface area contributed by atoms with Gasteiger partial charge in [-0.3, -0.25) is 9.69 Å². The van der Waals surface area contributed by atoms with Gasteiger partial charge >= 0.3 is 0 Å². The molecular weight excluding hydrogens is 346 g/mol. The molecule has 1 N–H and O–H groups in total. The van der Waals surface area contributed by atoms with Crippen LogP contribution in [0.1, 0.15) is 5.56 Å². The number of hydrogen-bond donors (Lipinski definition) is 1. The van der Waals surface area contributed by atoms with Gasteiger partial charge in [-0.15, -0.1) is 12.4 Å². The van der Waals surface area contributed by atoms with Gasteiger partial charge in [0.15, 0.2) is 11.5 Å². The van der Waals surface area contributed by atoms with Gasteiger partial charge in [-0.25, -0.2) is 0 Å². The zero-order valence-corrected chi connectivity index (χ0v) is 16.1. The largest absolute Gasteiger partial charge is 0.493 e. The topological polar surface area (TPSA) is 63.3 Å². The van der Waals surface area contributed by atoms with Crippen LogP contribution in [0.15, 0.2) is 12.1 Å². The Morgan fingerprint density at radius 2 is 1.60 bits per heavy atom. The molecule has 1 aliphatic heterocycles. The Morgan fingerprint density at radius 1 is 1.04 bits per heavy atom. The molecule has 0 aromatic heterocycles. The van der Waals surface area contributed by atoms with Gasteiger partial charge in [0.05, 0.1) is 27.9 Å². The van der Waals surface area contributed by atoms with E-state index in [4.69, 9.17) is 14.2 Å². The monoisotopic (exact) mass is 373 g/mol. The number of carbonyl (C=O) groups excluding carboxylic acids is 1. The number of ether oxygens (including phenoxy) is 3. The molecule has 2 rings (SSSR count). The van der Waals surface area contributed by atoms with Crippen LogP contribution in [-0.4, -0.2) is 76.8 Å². The van der Waals surface area contributed by atoms with Gasteiger partial charge in [-0.1, -0.05) is 0 Å². The third kappa shape index (κ3) is 5.39. The highest BCUT2D eigenvalue weighted by molar-refractivity contribution is 5.85. The lowest BCUT2D eigenvalue weighted by atomic mass is 10.1. The molecule has 8 heteroatoms. The second kappa shape index (κ2) is 10.3. The number of likely N-dealkylation sites (N-methyl/N-ethyl adjacent to an activating group) is 1. The molecule has 0 bridgehead atoms. The summed E-state index contributed by atoms with van der Waals surface area (Å²) in [6.45, 7) is 4.39. The normalized spacial score (nSPS) is 14.6. The van der Waals surface area contributed by atoms with Gasteiger partial charge in [0.25, 0.3) is 0 Å². The SMILES string of the molecule is CNCC(=O)N1CCN(Cc2cc(OC)c(OC)c(OC)c2)CC1.Cl. The predicted octanol–water partition coefficient (Wildman–Crippen LogP) is 0.998. The van der Waals surface area contributed by atoms with E-state index in [2.05, 4.69) is 10.2 Å². The number of hydrogen-bond acceptors (Lipinski definition) is 6. The molecule has 1 aromatic rings. The van der Waals surface area contributed by atoms with Crippen molar-refractivity contribution in [2.75, 3.05) is 61.1 Å². The summed E-state index contributed by atoms with van der Waals surface area (Å²) >= 11 is 0. The number of halogens is 1. The number of nitrogens with one attached hydrogen (secondary N) is 1. The van der Waals surface area contributed by atoms with E-state index in [1.807, 2.05) is 17.0 Å². The lowest BCUT2D eigenvalue weighted by Crippen LogP contribution is -2.50. The third-order valence-electron chi connectivity index (χ3n) is 4.18. The number of nitrogens with zero attached hydrogens (tertiary/aromatic N) is 2. The Balaban J connectivity index is 0.00000312.